The fourth-order valence-electron chi connectivity index (χ4n) is 10.5. The topological polar surface area (TPSA) is 197 Å². The van der Waals surface area contributed by atoms with Gasteiger partial charge in [-0.05, 0) is 73.5 Å². The van der Waals surface area contributed by atoms with Crippen LogP contribution < -0.4 is 20.7 Å². The van der Waals surface area contributed by atoms with Gasteiger partial charge in [0.25, 0.3) is 11.8 Å². The first-order chi connectivity index (χ1) is 25.3. The number of aromatic nitrogens is 1. The van der Waals surface area contributed by atoms with Crippen molar-refractivity contribution in [2.45, 2.75) is 141 Å². The van der Waals surface area contributed by atoms with E-state index in [1.807, 2.05) is 20.8 Å². The molecule has 2 heterocycles. The van der Waals surface area contributed by atoms with Crippen LogP contribution in [0.25, 0.3) is 0 Å². The van der Waals surface area contributed by atoms with Gasteiger partial charge in [-0.1, -0.05) is 66.4 Å². The van der Waals surface area contributed by atoms with Crippen molar-refractivity contribution in [1.29, 1.82) is 0 Å². The Balaban J connectivity index is 1.16. The molecule has 1 aromatic heterocycles. The summed E-state index contributed by atoms with van der Waals surface area (Å²) in [6, 6.07) is -2.96. The zero-order valence-corrected chi connectivity index (χ0v) is 33.0. The van der Waals surface area contributed by atoms with Crippen molar-refractivity contribution in [3.8, 4) is 0 Å². The minimum absolute atomic E-state index is 0.0220. The maximum Gasteiger partial charge on any atom is 0.289 e. The lowest BCUT2D eigenvalue weighted by atomic mass is 9.73. The number of amides is 5. The molecule has 5 aliphatic carbocycles. The van der Waals surface area contributed by atoms with Crippen LogP contribution >= 0.6 is 0 Å². The predicted molar refractivity (Wildman–Crippen MR) is 198 cm³/mol. The molecule has 0 unspecified atom stereocenters. The van der Waals surface area contributed by atoms with Crippen LogP contribution in [-0.2, 0) is 29.2 Å². The van der Waals surface area contributed by atoms with Gasteiger partial charge in [0.05, 0.1) is 11.4 Å². The number of nitrogens with one attached hydrogen (secondary N) is 4. The first-order valence-corrected chi connectivity index (χ1v) is 21.2. The lowest BCUT2D eigenvalue weighted by Crippen LogP contribution is -2.62. The molecule has 1 aromatic rings. The lowest BCUT2D eigenvalue weighted by molar-refractivity contribution is -0.145. The van der Waals surface area contributed by atoms with Gasteiger partial charge in [-0.2, -0.15) is 0 Å². The van der Waals surface area contributed by atoms with E-state index in [1.54, 1.807) is 11.0 Å². The predicted octanol–water partition coefficient (Wildman–Crippen LogP) is 3.35. The number of likely N-dealkylation sites (tertiary alicyclic amines) is 1. The SMILES string of the molecule is C=C[C@@H]1C[C@]1(NC(=O)[C@@H]1C[C@@]2(CN1C(=O)[C@@H](NC(=O)[C@@H](NC(=O)c1cnco1)C1CCCCC1)C(C)(C)C)C(C)(C)C21CCC1)C(=O)NS(=O)(=O)C1CC1. The van der Waals surface area contributed by atoms with E-state index in [2.05, 4.69) is 46.1 Å². The Morgan fingerprint density at radius 2 is 1.67 bits per heavy atom. The van der Waals surface area contributed by atoms with Crippen LogP contribution in [0.5, 0.6) is 0 Å². The molecule has 5 amide bonds. The first-order valence-electron chi connectivity index (χ1n) is 19.6. The van der Waals surface area contributed by atoms with Crippen molar-refractivity contribution in [2.75, 3.05) is 6.54 Å². The summed E-state index contributed by atoms with van der Waals surface area (Å²) in [6.07, 6.45) is 12.9. The van der Waals surface area contributed by atoms with E-state index in [0.29, 0.717) is 25.8 Å². The van der Waals surface area contributed by atoms with E-state index < -0.39 is 79.8 Å². The van der Waals surface area contributed by atoms with Gasteiger partial charge in [0, 0.05) is 17.9 Å². The van der Waals surface area contributed by atoms with Gasteiger partial charge in [-0.15, -0.1) is 6.58 Å². The van der Waals surface area contributed by atoms with Crippen molar-refractivity contribution < 1.29 is 36.8 Å². The minimum atomic E-state index is -3.87. The van der Waals surface area contributed by atoms with Crippen LogP contribution in [0.4, 0.5) is 0 Å². The molecule has 2 spiro atoms. The largest absolute Gasteiger partial charge is 0.438 e. The molecule has 296 valence electrons. The summed E-state index contributed by atoms with van der Waals surface area (Å²) in [5.41, 5.74) is -2.82. The summed E-state index contributed by atoms with van der Waals surface area (Å²) in [5, 5.41) is 8.19. The third-order valence-corrected chi connectivity index (χ3v) is 16.2. The maximum absolute atomic E-state index is 15.0. The third kappa shape index (κ3) is 6.16. The Morgan fingerprint density at radius 3 is 2.19 bits per heavy atom. The number of nitrogens with zero attached hydrogens (tertiary/aromatic N) is 2. The Bertz CT molecular complexity index is 1820. The zero-order chi connectivity index (χ0) is 39.1. The summed E-state index contributed by atoms with van der Waals surface area (Å²) in [4.78, 5) is 76.1. The van der Waals surface area contributed by atoms with Crippen LogP contribution in [0, 0.1) is 33.5 Å². The van der Waals surface area contributed by atoms with Crippen molar-refractivity contribution in [3.63, 3.8) is 0 Å². The van der Waals surface area contributed by atoms with E-state index in [4.69, 9.17) is 4.42 Å². The minimum Gasteiger partial charge on any atom is -0.438 e. The summed E-state index contributed by atoms with van der Waals surface area (Å²) >= 11 is 0. The molecule has 6 fully saturated rings. The number of carbonyl (C=O) groups excluding carboxylic acids is 5. The van der Waals surface area contributed by atoms with E-state index in [9.17, 15) is 27.6 Å². The Kier molecular flexibility index (Phi) is 9.41. The van der Waals surface area contributed by atoms with Gasteiger partial charge in [0.1, 0.15) is 23.7 Å². The van der Waals surface area contributed by atoms with E-state index >= 15 is 4.79 Å². The molecular formula is C39H56N6O8S. The van der Waals surface area contributed by atoms with Crippen LogP contribution in [0.3, 0.4) is 0 Å². The molecule has 14 nitrogen and oxygen atoms in total. The third-order valence-electron chi connectivity index (χ3n) is 14.4. The summed E-state index contributed by atoms with van der Waals surface area (Å²) in [7, 11) is -3.87. The van der Waals surface area contributed by atoms with Crippen LogP contribution in [0.15, 0.2) is 29.7 Å². The van der Waals surface area contributed by atoms with Crippen LogP contribution in [0.2, 0.25) is 0 Å². The summed E-state index contributed by atoms with van der Waals surface area (Å²) in [5.74, 6) is -3.44. The second kappa shape index (κ2) is 13.2. The molecule has 0 bridgehead atoms. The van der Waals surface area contributed by atoms with Crippen molar-refractivity contribution >= 4 is 39.6 Å². The van der Waals surface area contributed by atoms with Crippen LogP contribution in [0.1, 0.15) is 122 Å². The monoisotopic (exact) mass is 768 g/mol. The fourth-order valence-corrected chi connectivity index (χ4v) is 11.9. The molecule has 6 aliphatic rings. The Labute approximate surface area is 317 Å². The van der Waals surface area contributed by atoms with Crippen molar-refractivity contribution in [2.24, 2.45) is 33.5 Å². The highest BCUT2D eigenvalue weighted by Gasteiger charge is 2.85. The van der Waals surface area contributed by atoms with E-state index in [-0.39, 0.29) is 34.3 Å². The molecule has 5 saturated carbocycles. The maximum atomic E-state index is 15.0. The van der Waals surface area contributed by atoms with Gasteiger partial charge in [-0.3, -0.25) is 28.7 Å². The number of rotatable bonds is 12. The quantitative estimate of drug-likeness (QED) is 0.231. The summed E-state index contributed by atoms with van der Waals surface area (Å²) in [6.45, 7) is 14.1. The molecule has 1 saturated heterocycles. The lowest BCUT2D eigenvalue weighted by Gasteiger charge is -2.38. The Hall–Kier alpha value is -3.75. The van der Waals surface area contributed by atoms with Gasteiger partial charge in [0.15, 0.2) is 6.39 Å². The number of fused-ring (bicyclic) bond motifs is 1. The molecular weight excluding hydrogens is 713 g/mol. The van der Waals surface area contributed by atoms with Gasteiger partial charge >= 0.3 is 0 Å². The average Bonchev–Trinajstić information content (AvgIpc) is 4.02. The molecule has 0 radical (unpaired) electrons. The second-order valence-corrected chi connectivity index (χ2v) is 20.5. The van der Waals surface area contributed by atoms with Crippen molar-refractivity contribution in [3.05, 3.63) is 31.0 Å². The van der Waals surface area contributed by atoms with Crippen molar-refractivity contribution in [1.82, 2.24) is 30.6 Å². The van der Waals surface area contributed by atoms with Gasteiger partial charge in [-0.25, -0.2) is 13.4 Å². The highest BCUT2D eigenvalue weighted by molar-refractivity contribution is 7.91. The fraction of sp³-hybridized carbons (Fsp3) is 0.744. The smallest absolute Gasteiger partial charge is 0.289 e. The van der Waals surface area contributed by atoms with Crippen LogP contribution in [-0.4, -0.2) is 83.3 Å². The molecule has 54 heavy (non-hydrogen) atoms. The number of sulfonamides is 1. The first kappa shape index (κ1) is 38.5. The molecule has 7 rings (SSSR count). The molecule has 6 atom stereocenters. The number of carbonyl (C=O) groups is 5. The van der Waals surface area contributed by atoms with Gasteiger partial charge < -0.3 is 25.3 Å². The molecule has 1 aliphatic heterocycles. The number of hydrogen-bond acceptors (Lipinski definition) is 9. The number of oxazole rings is 1. The molecule has 4 N–H and O–H groups in total. The van der Waals surface area contributed by atoms with E-state index in [1.165, 1.54) is 6.20 Å². The summed E-state index contributed by atoms with van der Waals surface area (Å²) < 4.78 is 32.9. The number of hydrogen-bond donors (Lipinski definition) is 4. The van der Waals surface area contributed by atoms with Gasteiger partial charge in [0.2, 0.25) is 33.5 Å². The molecule has 15 heteroatoms. The standard InChI is InChI=1S/C39H56N6O8S/c1-7-24-18-39(24,34(50)44-54(51,52)25-14-15-25)43-30(46)26-19-38(36(5,6)37(38)16-11-17-37)21-45(26)33(49)29(35(2,3)4)42-32(48)28(23-12-9-8-10-13-23)41-31(47)27-20-40-22-53-27/h7,20,22-26,28-29H,1,8-19,21H2,2-6H3,(H,41,47)(H,42,48)(H,43,46)(H,44,50)/t24-,26+,28+,29-,38-,39-/m1/s1. The van der Waals surface area contributed by atoms with E-state index in [0.717, 1.165) is 57.8 Å². The average molecular weight is 769 g/mol. The zero-order valence-electron chi connectivity index (χ0n) is 32.2. The molecule has 0 aromatic carbocycles. The normalized spacial score (nSPS) is 30.8. The highest BCUT2D eigenvalue weighted by Crippen LogP contribution is 2.88. The Morgan fingerprint density at radius 1 is 0.981 bits per heavy atom. The second-order valence-electron chi connectivity index (χ2n) is 18.5. The highest BCUT2D eigenvalue weighted by atomic mass is 32.2.